The van der Waals surface area contributed by atoms with Crippen LogP contribution in [0, 0.1) is 5.82 Å². The van der Waals surface area contributed by atoms with Gasteiger partial charge in [-0.05, 0) is 18.9 Å². The van der Waals surface area contributed by atoms with Crippen LogP contribution < -0.4 is 5.32 Å². The van der Waals surface area contributed by atoms with E-state index < -0.39 is 0 Å². The third kappa shape index (κ3) is 3.65. The first-order chi connectivity index (χ1) is 9.81. The minimum absolute atomic E-state index is 0.225. The van der Waals surface area contributed by atoms with Crippen molar-refractivity contribution in [1.82, 2.24) is 10.5 Å². The van der Waals surface area contributed by atoms with Crippen LogP contribution in [0.4, 0.5) is 4.39 Å². The summed E-state index contributed by atoms with van der Waals surface area (Å²) in [4.78, 5) is 0. The van der Waals surface area contributed by atoms with Gasteiger partial charge in [-0.1, -0.05) is 23.4 Å². The highest BCUT2D eigenvalue weighted by atomic mass is 19.1. The first-order valence-electron chi connectivity index (χ1n) is 6.80. The lowest BCUT2D eigenvalue weighted by Gasteiger charge is -2.02. The molecule has 0 spiro atoms. The third-order valence-electron chi connectivity index (χ3n) is 3.22. The number of aromatic nitrogens is 1. The minimum atomic E-state index is -0.251. The average molecular weight is 276 g/mol. The van der Waals surface area contributed by atoms with Crippen LogP contribution in [0.2, 0.25) is 0 Å². The van der Waals surface area contributed by atoms with Crippen LogP contribution in [0.25, 0.3) is 0 Å². The Morgan fingerprint density at radius 3 is 2.95 bits per heavy atom. The molecule has 1 N–H and O–H groups in total. The van der Waals surface area contributed by atoms with Crippen molar-refractivity contribution < 1.29 is 13.7 Å². The van der Waals surface area contributed by atoms with E-state index in [4.69, 9.17) is 9.26 Å². The number of rotatable bonds is 7. The van der Waals surface area contributed by atoms with Crippen molar-refractivity contribution in [2.24, 2.45) is 0 Å². The van der Waals surface area contributed by atoms with Crippen LogP contribution in [0.15, 0.2) is 34.9 Å². The summed E-state index contributed by atoms with van der Waals surface area (Å²) >= 11 is 0. The van der Waals surface area contributed by atoms with Gasteiger partial charge in [-0.25, -0.2) is 4.39 Å². The summed E-state index contributed by atoms with van der Waals surface area (Å²) in [5.74, 6) is 0.410. The molecular weight excluding hydrogens is 259 g/mol. The molecule has 1 aliphatic rings. The molecule has 1 aromatic heterocycles. The standard InChI is InChI=1S/C15H17FN2O2/c16-15-4-2-1-3-11(15)9-19-10-14-7-13(18-20-14)8-17-12-5-6-12/h1-4,7,12,17H,5-6,8-10H2. The summed E-state index contributed by atoms with van der Waals surface area (Å²) < 4.78 is 24.0. The number of ether oxygens (including phenoxy) is 1. The maximum Gasteiger partial charge on any atom is 0.162 e. The first kappa shape index (κ1) is 13.3. The van der Waals surface area contributed by atoms with E-state index in [2.05, 4.69) is 10.5 Å². The Kier molecular flexibility index (Phi) is 4.08. The number of nitrogens with one attached hydrogen (secondary N) is 1. The Bertz CT molecular complexity index is 567. The largest absolute Gasteiger partial charge is 0.369 e. The fourth-order valence-electron chi connectivity index (χ4n) is 1.92. The predicted molar refractivity (Wildman–Crippen MR) is 71.3 cm³/mol. The molecule has 1 heterocycles. The highest BCUT2D eigenvalue weighted by molar-refractivity contribution is 5.16. The van der Waals surface area contributed by atoms with Gasteiger partial charge < -0.3 is 14.6 Å². The zero-order valence-electron chi connectivity index (χ0n) is 11.1. The number of nitrogens with zero attached hydrogens (tertiary/aromatic N) is 1. The van der Waals surface area contributed by atoms with Crippen LogP contribution in [0.5, 0.6) is 0 Å². The molecule has 1 saturated carbocycles. The van der Waals surface area contributed by atoms with Crippen LogP contribution in [-0.4, -0.2) is 11.2 Å². The molecule has 1 aliphatic carbocycles. The van der Waals surface area contributed by atoms with Gasteiger partial charge in [0.1, 0.15) is 12.4 Å². The summed E-state index contributed by atoms with van der Waals surface area (Å²) in [6.07, 6.45) is 2.49. The van der Waals surface area contributed by atoms with Crippen molar-refractivity contribution in [1.29, 1.82) is 0 Å². The predicted octanol–water partition coefficient (Wildman–Crippen LogP) is 2.78. The van der Waals surface area contributed by atoms with Gasteiger partial charge >= 0.3 is 0 Å². The second-order valence-corrected chi connectivity index (χ2v) is 5.02. The van der Waals surface area contributed by atoms with E-state index in [-0.39, 0.29) is 12.4 Å². The highest BCUT2D eigenvalue weighted by Gasteiger charge is 2.20. The van der Waals surface area contributed by atoms with Gasteiger partial charge in [0, 0.05) is 24.2 Å². The SMILES string of the molecule is Fc1ccccc1COCc1cc(CNC2CC2)no1. The molecule has 0 bridgehead atoms. The summed E-state index contributed by atoms with van der Waals surface area (Å²) in [5, 5.41) is 7.33. The molecule has 0 unspecified atom stereocenters. The van der Waals surface area contributed by atoms with E-state index in [1.165, 1.54) is 18.9 Å². The lowest BCUT2D eigenvalue weighted by atomic mass is 10.2. The highest BCUT2D eigenvalue weighted by Crippen LogP contribution is 2.19. The molecule has 0 amide bonds. The van der Waals surface area contributed by atoms with Crippen molar-refractivity contribution in [3.05, 3.63) is 53.2 Å². The quantitative estimate of drug-likeness (QED) is 0.844. The fourth-order valence-corrected chi connectivity index (χ4v) is 1.92. The number of benzene rings is 1. The maximum absolute atomic E-state index is 13.4. The van der Waals surface area contributed by atoms with E-state index in [9.17, 15) is 4.39 Å². The summed E-state index contributed by atoms with van der Waals surface area (Å²) in [6, 6.07) is 9.10. The number of hydrogen-bond acceptors (Lipinski definition) is 4. The zero-order valence-corrected chi connectivity index (χ0v) is 11.1. The Balaban J connectivity index is 1.45. The smallest absolute Gasteiger partial charge is 0.162 e. The van der Waals surface area contributed by atoms with Gasteiger partial charge in [-0.15, -0.1) is 0 Å². The first-order valence-corrected chi connectivity index (χ1v) is 6.80. The lowest BCUT2D eigenvalue weighted by Crippen LogP contribution is -2.15. The van der Waals surface area contributed by atoms with Gasteiger partial charge in [-0.2, -0.15) is 0 Å². The van der Waals surface area contributed by atoms with E-state index >= 15 is 0 Å². The summed E-state index contributed by atoms with van der Waals surface area (Å²) in [5.41, 5.74) is 1.42. The Hall–Kier alpha value is -1.72. The van der Waals surface area contributed by atoms with Crippen LogP contribution >= 0.6 is 0 Å². The number of halogens is 1. The van der Waals surface area contributed by atoms with Gasteiger partial charge in [0.2, 0.25) is 0 Å². The molecule has 0 atom stereocenters. The van der Waals surface area contributed by atoms with E-state index in [1.54, 1.807) is 18.2 Å². The van der Waals surface area contributed by atoms with E-state index in [1.807, 2.05) is 6.07 Å². The van der Waals surface area contributed by atoms with Crippen molar-refractivity contribution in [2.75, 3.05) is 0 Å². The van der Waals surface area contributed by atoms with Crippen molar-refractivity contribution >= 4 is 0 Å². The number of hydrogen-bond donors (Lipinski definition) is 1. The lowest BCUT2D eigenvalue weighted by molar-refractivity contribution is 0.0863. The average Bonchev–Trinajstić information content (AvgIpc) is 3.18. The topological polar surface area (TPSA) is 47.3 Å². The molecule has 0 aliphatic heterocycles. The van der Waals surface area contributed by atoms with Crippen molar-refractivity contribution in [3.63, 3.8) is 0 Å². The van der Waals surface area contributed by atoms with Crippen LogP contribution in [-0.2, 0) is 24.5 Å². The molecule has 106 valence electrons. The normalized spacial score (nSPS) is 14.7. The third-order valence-corrected chi connectivity index (χ3v) is 3.22. The second-order valence-electron chi connectivity index (χ2n) is 5.02. The van der Waals surface area contributed by atoms with Gasteiger partial charge in [0.05, 0.1) is 12.3 Å². The molecular formula is C15H17FN2O2. The van der Waals surface area contributed by atoms with Crippen molar-refractivity contribution in [2.45, 2.75) is 38.6 Å². The molecule has 0 saturated heterocycles. The second kappa shape index (κ2) is 6.15. The Morgan fingerprint density at radius 2 is 2.15 bits per heavy atom. The zero-order chi connectivity index (χ0) is 13.8. The van der Waals surface area contributed by atoms with Crippen LogP contribution in [0.3, 0.4) is 0 Å². The summed E-state index contributed by atoms with van der Waals surface area (Å²) in [6.45, 7) is 1.25. The van der Waals surface area contributed by atoms with E-state index in [0.717, 1.165) is 12.2 Å². The molecule has 20 heavy (non-hydrogen) atoms. The fraction of sp³-hybridized carbons (Fsp3) is 0.400. The molecule has 2 aromatic rings. The summed E-state index contributed by atoms with van der Waals surface area (Å²) in [7, 11) is 0. The van der Waals surface area contributed by atoms with Crippen LogP contribution in [0.1, 0.15) is 29.9 Å². The maximum atomic E-state index is 13.4. The molecule has 3 rings (SSSR count). The van der Waals surface area contributed by atoms with Crippen molar-refractivity contribution in [3.8, 4) is 0 Å². The van der Waals surface area contributed by atoms with Gasteiger partial charge in [-0.3, -0.25) is 0 Å². The molecule has 1 aromatic carbocycles. The van der Waals surface area contributed by atoms with Gasteiger partial charge in [0.15, 0.2) is 5.76 Å². The molecule has 4 nitrogen and oxygen atoms in total. The Labute approximate surface area is 116 Å². The minimum Gasteiger partial charge on any atom is -0.369 e. The Morgan fingerprint density at radius 1 is 1.30 bits per heavy atom. The van der Waals surface area contributed by atoms with E-state index in [0.29, 0.717) is 24.0 Å². The van der Waals surface area contributed by atoms with Gasteiger partial charge in [0.25, 0.3) is 0 Å². The molecule has 0 radical (unpaired) electrons. The molecule has 5 heteroatoms. The molecule has 1 fully saturated rings. The monoisotopic (exact) mass is 276 g/mol.